The third-order valence-corrected chi connectivity index (χ3v) is 7.10. The van der Waals surface area contributed by atoms with Crippen molar-refractivity contribution >= 4 is 22.7 Å². The van der Waals surface area contributed by atoms with Gasteiger partial charge in [-0.1, -0.05) is 26.8 Å². The summed E-state index contributed by atoms with van der Waals surface area (Å²) in [4.78, 5) is 29.8. The molecule has 0 bridgehead atoms. The van der Waals surface area contributed by atoms with Crippen molar-refractivity contribution in [1.29, 1.82) is 0 Å². The highest BCUT2D eigenvalue weighted by atomic mass is 16.1. The number of hydrogen-bond donors (Lipinski definition) is 2. The van der Waals surface area contributed by atoms with E-state index < -0.39 is 0 Å². The molecular weight excluding hydrogens is 476 g/mol. The molecule has 200 valence electrons. The van der Waals surface area contributed by atoms with Gasteiger partial charge in [0, 0.05) is 48.3 Å². The molecule has 9 nitrogen and oxygen atoms in total. The van der Waals surface area contributed by atoms with Crippen LogP contribution in [-0.2, 0) is 18.4 Å². The first-order valence-corrected chi connectivity index (χ1v) is 13.4. The number of nitrogens with two attached hydrogens (primary N) is 1. The topological polar surface area (TPSA) is 107 Å². The third-order valence-electron chi connectivity index (χ3n) is 7.10. The maximum atomic E-state index is 13.4. The molecular formula is C29H38N8O. The van der Waals surface area contributed by atoms with Crippen LogP contribution < -0.4 is 16.6 Å². The molecule has 0 spiro atoms. The molecule has 0 atom stereocenters. The van der Waals surface area contributed by atoms with Crippen molar-refractivity contribution in [2.45, 2.75) is 65.5 Å². The van der Waals surface area contributed by atoms with Gasteiger partial charge in [0.15, 0.2) is 5.65 Å². The zero-order chi connectivity index (χ0) is 27.0. The summed E-state index contributed by atoms with van der Waals surface area (Å²) < 4.78 is 3.63. The largest absolute Gasteiger partial charge is 0.330 e. The number of benzene rings is 1. The van der Waals surface area contributed by atoms with Crippen LogP contribution in [0, 0.1) is 0 Å². The summed E-state index contributed by atoms with van der Waals surface area (Å²) in [7, 11) is 0. The molecule has 5 rings (SSSR count). The smallest absolute Gasteiger partial charge is 0.278 e. The maximum Gasteiger partial charge on any atom is 0.278 e. The molecule has 0 radical (unpaired) electrons. The minimum atomic E-state index is -0.127. The van der Waals surface area contributed by atoms with E-state index in [-0.39, 0.29) is 17.0 Å². The fourth-order valence-corrected chi connectivity index (χ4v) is 5.06. The second kappa shape index (κ2) is 10.3. The normalized spacial score (nSPS) is 14.3. The molecule has 0 unspecified atom stereocenters. The van der Waals surface area contributed by atoms with Crippen molar-refractivity contribution in [3.8, 4) is 5.69 Å². The van der Waals surface area contributed by atoms with Gasteiger partial charge in [-0.05, 0) is 75.2 Å². The number of hydrogen-bond acceptors (Lipinski definition) is 7. The highest BCUT2D eigenvalue weighted by Crippen LogP contribution is 2.27. The molecule has 0 fully saturated rings. The third kappa shape index (κ3) is 5.08. The van der Waals surface area contributed by atoms with Crippen molar-refractivity contribution in [3.05, 3.63) is 69.9 Å². The standard InChI is InChI=1S/C29H38N8O/c1-19(2)36-27(38)24-17-32-28(34-26(24)37(36)23-9-12-31-25(16-23)29(3,4)5)33-22-8-7-21-18-35(13-6-11-30)14-10-20(21)15-22/h7-9,12,15-17,19H,6,10-11,13-14,18,30H2,1-5H3,(H,32,33,34). The predicted octanol–water partition coefficient (Wildman–Crippen LogP) is 4.31. The molecule has 3 N–H and O–H groups in total. The Balaban J connectivity index is 1.51. The van der Waals surface area contributed by atoms with Gasteiger partial charge in [0.2, 0.25) is 5.95 Å². The van der Waals surface area contributed by atoms with Crippen molar-refractivity contribution in [1.82, 2.24) is 29.2 Å². The van der Waals surface area contributed by atoms with Crippen LogP contribution in [0.25, 0.3) is 16.7 Å². The number of aromatic nitrogens is 5. The number of pyridine rings is 1. The van der Waals surface area contributed by atoms with E-state index in [0.29, 0.717) is 17.0 Å². The van der Waals surface area contributed by atoms with Crippen molar-refractivity contribution in [2.24, 2.45) is 5.73 Å². The summed E-state index contributed by atoms with van der Waals surface area (Å²) in [5, 5.41) is 3.86. The lowest BCUT2D eigenvalue weighted by Gasteiger charge is -2.29. The zero-order valence-electron chi connectivity index (χ0n) is 23.0. The molecule has 1 aromatic carbocycles. The number of nitrogens with zero attached hydrogens (tertiary/aromatic N) is 6. The Bertz CT molecular complexity index is 1510. The molecule has 0 saturated heterocycles. The Morgan fingerprint density at radius 1 is 1.11 bits per heavy atom. The first-order valence-electron chi connectivity index (χ1n) is 13.4. The minimum absolute atomic E-state index is 0.0653. The van der Waals surface area contributed by atoms with Crippen molar-refractivity contribution in [3.63, 3.8) is 0 Å². The van der Waals surface area contributed by atoms with Crippen LogP contribution in [0.15, 0.2) is 47.5 Å². The molecule has 9 heteroatoms. The van der Waals surface area contributed by atoms with Gasteiger partial charge in [-0.3, -0.25) is 14.7 Å². The van der Waals surface area contributed by atoms with Crippen LogP contribution in [0.3, 0.4) is 0 Å². The Morgan fingerprint density at radius 2 is 1.92 bits per heavy atom. The number of fused-ring (bicyclic) bond motifs is 2. The van der Waals surface area contributed by atoms with Gasteiger partial charge in [0.1, 0.15) is 5.39 Å². The van der Waals surface area contributed by atoms with E-state index in [1.54, 1.807) is 17.1 Å². The number of anilines is 2. The minimum Gasteiger partial charge on any atom is -0.330 e. The number of rotatable bonds is 7. The van der Waals surface area contributed by atoms with Gasteiger partial charge in [0.05, 0.1) is 5.69 Å². The van der Waals surface area contributed by atoms with E-state index in [2.05, 4.69) is 59.2 Å². The van der Waals surface area contributed by atoms with Gasteiger partial charge in [0.25, 0.3) is 5.56 Å². The Labute approximate surface area is 223 Å². The molecule has 1 aliphatic heterocycles. The molecule has 4 heterocycles. The van der Waals surface area contributed by atoms with Gasteiger partial charge in [-0.15, -0.1) is 0 Å². The van der Waals surface area contributed by atoms with Crippen LogP contribution in [0.1, 0.15) is 63.9 Å². The van der Waals surface area contributed by atoms with Gasteiger partial charge in [-0.25, -0.2) is 14.3 Å². The SMILES string of the molecule is CC(C)n1c(=O)c2cnc(Nc3ccc4c(c3)CCN(CCCN)C4)nc2n1-c1ccnc(C(C)(C)C)c1. The molecule has 0 saturated carbocycles. The molecule has 0 aliphatic carbocycles. The summed E-state index contributed by atoms with van der Waals surface area (Å²) in [6.07, 6.45) is 5.45. The van der Waals surface area contributed by atoms with Crippen LogP contribution in [-0.4, -0.2) is 48.8 Å². The van der Waals surface area contributed by atoms with E-state index in [0.717, 1.165) is 56.1 Å². The van der Waals surface area contributed by atoms with E-state index in [4.69, 9.17) is 10.7 Å². The second-order valence-electron chi connectivity index (χ2n) is 11.4. The lowest BCUT2D eigenvalue weighted by Crippen LogP contribution is -2.32. The Hall–Kier alpha value is -3.56. The fraction of sp³-hybridized carbons (Fsp3) is 0.448. The highest BCUT2D eigenvalue weighted by Gasteiger charge is 2.22. The summed E-state index contributed by atoms with van der Waals surface area (Å²) in [6, 6.07) is 10.3. The van der Waals surface area contributed by atoms with Gasteiger partial charge < -0.3 is 11.1 Å². The molecule has 1 aliphatic rings. The molecule has 4 aromatic rings. The lowest BCUT2D eigenvalue weighted by atomic mass is 9.91. The van der Waals surface area contributed by atoms with Gasteiger partial charge >= 0.3 is 0 Å². The van der Waals surface area contributed by atoms with Crippen molar-refractivity contribution < 1.29 is 0 Å². The molecule has 3 aromatic heterocycles. The number of nitrogens with one attached hydrogen (secondary N) is 1. The predicted molar refractivity (Wildman–Crippen MR) is 152 cm³/mol. The average molecular weight is 515 g/mol. The van der Waals surface area contributed by atoms with E-state index >= 15 is 0 Å². The lowest BCUT2D eigenvalue weighted by molar-refractivity contribution is 0.252. The summed E-state index contributed by atoms with van der Waals surface area (Å²) in [6.45, 7) is 14.1. The van der Waals surface area contributed by atoms with E-state index in [9.17, 15) is 4.79 Å². The Kier molecular flexibility index (Phi) is 7.07. The molecule has 0 amide bonds. The summed E-state index contributed by atoms with van der Waals surface area (Å²) in [5.74, 6) is 0.456. The van der Waals surface area contributed by atoms with Crippen LogP contribution in [0.4, 0.5) is 11.6 Å². The first kappa shape index (κ1) is 26.1. The van der Waals surface area contributed by atoms with Crippen molar-refractivity contribution in [2.75, 3.05) is 25.0 Å². The fourth-order valence-electron chi connectivity index (χ4n) is 5.06. The zero-order valence-corrected chi connectivity index (χ0v) is 23.0. The quantitative estimate of drug-likeness (QED) is 0.379. The van der Waals surface area contributed by atoms with Crippen LogP contribution in [0.2, 0.25) is 0 Å². The first-order chi connectivity index (χ1) is 18.2. The van der Waals surface area contributed by atoms with Crippen LogP contribution >= 0.6 is 0 Å². The van der Waals surface area contributed by atoms with E-state index in [1.807, 2.05) is 30.7 Å². The monoisotopic (exact) mass is 514 g/mol. The average Bonchev–Trinajstić information content (AvgIpc) is 3.18. The van der Waals surface area contributed by atoms with E-state index in [1.165, 1.54) is 11.1 Å². The Morgan fingerprint density at radius 3 is 2.66 bits per heavy atom. The van der Waals surface area contributed by atoms with Gasteiger partial charge in [-0.2, -0.15) is 4.98 Å². The van der Waals surface area contributed by atoms with Crippen LogP contribution in [0.5, 0.6) is 0 Å². The second-order valence-corrected chi connectivity index (χ2v) is 11.4. The summed E-state index contributed by atoms with van der Waals surface area (Å²) >= 11 is 0. The molecule has 38 heavy (non-hydrogen) atoms. The highest BCUT2D eigenvalue weighted by molar-refractivity contribution is 5.77. The summed E-state index contributed by atoms with van der Waals surface area (Å²) in [5.41, 5.74) is 11.5. The maximum absolute atomic E-state index is 13.4.